The maximum atomic E-state index is 12.3. The Balaban J connectivity index is 1.44. The number of likely N-dealkylation sites (tertiary alicyclic amines) is 1. The fourth-order valence-corrected chi connectivity index (χ4v) is 5.34. The van der Waals surface area contributed by atoms with Crippen LogP contribution < -0.4 is 5.73 Å². The molecule has 3 rings (SSSR count). The molecule has 2 heterocycles. The maximum Gasteiger partial charge on any atom is 0.233 e. The van der Waals surface area contributed by atoms with E-state index in [1.54, 1.807) is 0 Å². The average Bonchev–Trinajstić information content (AvgIpc) is 3.01. The Labute approximate surface area is 154 Å². The largest absolute Gasteiger partial charge is 0.374 e. The summed E-state index contributed by atoms with van der Waals surface area (Å²) in [5.41, 5.74) is 6.88. The molecular formula is C16H20N4OS3. The summed E-state index contributed by atoms with van der Waals surface area (Å²) in [6, 6.07) is 8.50. The van der Waals surface area contributed by atoms with Crippen LogP contribution in [0.15, 0.2) is 33.5 Å². The van der Waals surface area contributed by atoms with Gasteiger partial charge in [-0.1, -0.05) is 41.3 Å². The number of aryl methyl sites for hydroxylation is 1. The number of carbonyl (C=O) groups excluding carboxylic acids is 1. The highest BCUT2D eigenvalue weighted by Crippen LogP contribution is 2.32. The van der Waals surface area contributed by atoms with Crippen molar-refractivity contribution in [3.63, 3.8) is 0 Å². The molecule has 0 saturated carbocycles. The monoisotopic (exact) mass is 380 g/mol. The molecule has 5 nitrogen and oxygen atoms in total. The van der Waals surface area contributed by atoms with E-state index >= 15 is 0 Å². The van der Waals surface area contributed by atoms with Gasteiger partial charge in [0.15, 0.2) is 4.34 Å². The molecule has 1 fully saturated rings. The zero-order chi connectivity index (χ0) is 16.9. The quantitative estimate of drug-likeness (QED) is 0.803. The van der Waals surface area contributed by atoms with Crippen LogP contribution in [0.5, 0.6) is 0 Å². The second kappa shape index (κ2) is 8.22. The molecule has 8 heteroatoms. The van der Waals surface area contributed by atoms with Crippen LogP contribution >= 0.6 is 34.9 Å². The number of piperidine rings is 1. The second-order valence-corrected chi connectivity index (χ2v) is 9.23. The van der Waals surface area contributed by atoms with Crippen molar-refractivity contribution in [2.45, 2.75) is 34.3 Å². The molecule has 0 atom stereocenters. The third-order valence-electron chi connectivity index (χ3n) is 3.92. The van der Waals surface area contributed by atoms with Crippen LogP contribution in [0, 0.1) is 6.92 Å². The highest BCUT2D eigenvalue weighted by atomic mass is 32.2. The molecule has 2 N–H and O–H groups in total. The zero-order valence-corrected chi connectivity index (χ0v) is 15.9. The second-order valence-electron chi connectivity index (χ2n) is 5.66. The maximum absolute atomic E-state index is 12.3. The van der Waals surface area contributed by atoms with E-state index < -0.39 is 0 Å². The highest BCUT2D eigenvalue weighted by molar-refractivity contribution is 8.01. The number of nitrogens with zero attached hydrogens (tertiary/aromatic N) is 3. The van der Waals surface area contributed by atoms with Crippen LogP contribution in [0.4, 0.5) is 5.13 Å². The molecule has 1 saturated heterocycles. The first-order chi connectivity index (χ1) is 11.6. The molecule has 0 radical (unpaired) electrons. The number of nitrogens with two attached hydrogens (primary N) is 1. The number of aromatic nitrogens is 2. The number of hydrogen-bond acceptors (Lipinski definition) is 7. The van der Waals surface area contributed by atoms with Crippen molar-refractivity contribution >= 4 is 45.9 Å². The number of nitrogen functional groups attached to an aromatic ring is 1. The van der Waals surface area contributed by atoms with Crippen molar-refractivity contribution in [1.82, 2.24) is 15.1 Å². The molecule has 0 aliphatic carbocycles. The smallest absolute Gasteiger partial charge is 0.233 e. The summed E-state index contributed by atoms with van der Waals surface area (Å²) in [7, 11) is 0. The van der Waals surface area contributed by atoms with E-state index in [0.29, 0.717) is 16.1 Å². The number of amides is 1. The average molecular weight is 381 g/mol. The molecular weight excluding hydrogens is 360 g/mol. The molecule has 0 unspecified atom stereocenters. The van der Waals surface area contributed by atoms with E-state index in [-0.39, 0.29) is 5.91 Å². The van der Waals surface area contributed by atoms with Gasteiger partial charge in [0.25, 0.3) is 0 Å². The molecule has 1 aromatic heterocycles. The zero-order valence-electron chi connectivity index (χ0n) is 13.5. The first kappa shape index (κ1) is 17.6. The van der Waals surface area contributed by atoms with E-state index in [2.05, 4.69) is 41.4 Å². The Morgan fingerprint density at radius 1 is 1.33 bits per heavy atom. The summed E-state index contributed by atoms with van der Waals surface area (Å²) in [6.45, 7) is 3.82. The minimum Gasteiger partial charge on any atom is -0.374 e. The fraction of sp³-hybridized carbons (Fsp3) is 0.438. The Bertz CT molecular complexity index is 698. The van der Waals surface area contributed by atoms with Gasteiger partial charge in [0, 0.05) is 23.2 Å². The van der Waals surface area contributed by atoms with Crippen LogP contribution in [-0.2, 0) is 4.79 Å². The van der Waals surface area contributed by atoms with Gasteiger partial charge in [-0.3, -0.25) is 4.79 Å². The first-order valence-corrected chi connectivity index (χ1v) is 10.5. The Hall–Kier alpha value is -1.25. The summed E-state index contributed by atoms with van der Waals surface area (Å²) >= 11 is 4.68. The van der Waals surface area contributed by atoms with Crippen LogP contribution in [-0.4, -0.2) is 45.1 Å². The molecule has 128 valence electrons. The van der Waals surface area contributed by atoms with Crippen molar-refractivity contribution in [2.24, 2.45) is 0 Å². The standard InChI is InChI=1S/C16H20N4OS3/c1-11-4-2-3-5-13(11)23-12-6-8-20(9-7-12)14(21)10-22-16-19-18-15(17)24-16/h2-5,12H,6-10H2,1H3,(H2,17,18). The van der Waals surface area contributed by atoms with Gasteiger partial charge < -0.3 is 10.6 Å². The van der Waals surface area contributed by atoms with Crippen molar-refractivity contribution < 1.29 is 4.79 Å². The number of rotatable bonds is 5. The van der Waals surface area contributed by atoms with Crippen LogP contribution in [0.1, 0.15) is 18.4 Å². The van der Waals surface area contributed by atoms with Gasteiger partial charge in [0.2, 0.25) is 11.0 Å². The fourth-order valence-electron chi connectivity index (χ4n) is 2.58. The van der Waals surface area contributed by atoms with Crippen molar-refractivity contribution in [1.29, 1.82) is 0 Å². The van der Waals surface area contributed by atoms with Crippen molar-refractivity contribution in [2.75, 3.05) is 24.6 Å². The Morgan fingerprint density at radius 2 is 2.08 bits per heavy atom. The molecule has 24 heavy (non-hydrogen) atoms. The van der Waals surface area contributed by atoms with E-state index in [1.807, 2.05) is 16.7 Å². The number of anilines is 1. The van der Waals surface area contributed by atoms with Gasteiger partial charge >= 0.3 is 0 Å². The van der Waals surface area contributed by atoms with Crippen molar-refractivity contribution in [3.05, 3.63) is 29.8 Å². The lowest BCUT2D eigenvalue weighted by Gasteiger charge is -2.31. The predicted molar refractivity (Wildman–Crippen MR) is 102 cm³/mol. The van der Waals surface area contributed by atoms with Gasteiger partial charge in [-0.15, -0.1) is 22.0 Å². The van der Waals surface area contributed by atoms with Crippen LogP contribution in [0.3, 0.4) is 0 Å². The SMILES string of the molecule is Cc1ccccc1SC1CCN(C(=O)CSc2nnc(N)s2)CC1. The van der Waals surface area contributed by atoms with Gasteiger partial charge in [-0.2, -0.15) is 0 Å². The van der Waals surface area contributed by atoms with Gasteiger partial charge in [-0.05, 0) is 31.4 Å². The molecule has 1 aromatic carbocycles. The van der Waals surface area contributed by atoms with E-state index in [1.165, 1.54) is 33.6 Å². The third-order valence-corrected chi connectivity index (χ3v) is 7.31. The van der Waals surface area contributed by atoms with Gasteiger partial charge in [0.1, 0.15) is 0 Å². The number of carbonyl (C=O) groups is 1. The third kappa shape index (κ3) is 4.64. The Morgan fingerprint density at radius 3 is 2.75 bits per heavy atom. The molecule has 1 aliphatic rings. The lowest BCUT2D eigenvalue weighted by Crippen LogP contribution is -2.40. The summed E-state index contributed by atoms with van der Waals surface area (Å²) in [4.78, 5) is 15.6. The molecule has 0 spiro atoms. The van der Waals surface area contributed by atoms with Crippen LogP contribution in [0.25, 0.3) is 0 Å². The molecule has 0 bridgehead atoms. The lowest BCUT2D eigenvalue weighted by molar-refractivity contribution is -0.129. The molecule has 1 amide bonds. The topological polar surface area (TPSA) is 72.1 Å². The van der Waals surface area contributed by atoms with Gasteiger partial charge in [-0.25, -0.2) is 0 Å². The summed E-state index contributed by atoms with van der Waals surface area (Å²) in [6.07, 6.45) is 2.09. The van der Waals surface area contributed by atoms with E-state index in [4.69, 9.17) is 5.73 Å². The summed E-state index contributed by atoms with van der Waals surface area (Å²) in [5, 5.41) is 8.73. The van der Waals surface area contributed by atoms with Crippen molar-refractivity contribution in [3.8, 4) is 0 Å². The summed E-state index contributed by atoms with van der Waals surface area (Å²) in [5.74, 6) is 0.581. The first-order valence-electron chi connectivity index (χ1n) is 7.83. The summed E-state index contributed by atoms with van der Waals surface area (Å²) < 4.78 is 0.755. The molecule has 1 aliphatic heterocycles. The number of hydrogen-bond donors (Lipinski definition) is 1. The van der Waals surface area contributed by atoms with E-state index in [9.17, 15) is 4.79 Å². The van der Waals surface area contributed by atoms with E-state index in [0.717, 1.165) is 30.3 Å². The Kier molecular flexibility index (Phi) is 6.02. The predicted octanol–water partition coefficient (Wildman–Crippen LogP) is 3.30. The highest BCUT2D eigenvalue weighted by Gasteiger charge is 2.24. The van der Waals surface area contributed by atoms with Gasteiger partial charge in [0.05, 0.1) is 5.75 Å². The minimum absolute atomic E-state index is 0.174. The number of thioether (sulfide) groups is 2. The van der Waals surface area contributed by atoms with Crippen LogP contribution in [0.2, 0.25) is 0 Å². The number of benzene rings is 1. The molecule has 2 aromatic rings. The lowest BCUT2D eigenvalue weighted by atomic mass is 10.1. The normalized spacial score (nSPS) is 15.6. The minimum atomic E-state index is 0.174.